The molecule has 0 aliphatic heterocycles. The highest BCUT2D eigenvalue weighted by Gasteiger charge is 2.35. The average molecular weight is 410 g/mol. The van der Waals surface area contributed by atoms with E-state index in [-0.39, 0.29) is 5.92 Å². The third kappa shape index (κ3) is 5.44. The van der Waals surface area contributed by atoms with Gasteiger partial charge in [-0.1, -0.05) is 29.8 Å². The summed E-state index contributed by atoms with van der Waals surface area (Å²) in [7, 11) is 1.63. The molecule has 3 rings (SSSR count). The van der Waals surface area contributed by atoms with E-state index in [0.717, 1.165) is 31.4 Å². The van der Waals surface area contributed by atoms with Crippen LogP contribution in [0.15, 0.2) is 60.3 Å². The lowest BCUT2D eigenvalue weighted by molar-refractivity contribution is -0.0908. The van der Waals surface area contributed by atoms with Gasteiger partial charge < -0.3 is 10.1 Å². The van der Waals surface area contributed by atoms with Gasteiger partial charge in [-0.2, -0.15) is 13.2 Å². The molecule has 0 saturated heterocycles. The van der Waals surface area contributed by atoms with E-state index in [1.165, 1.54) is 11.6 Å². The highest BCUT2D eigenvalue weighted by molar-refractivity contribution is 6.30. The molecule has 0 radical (unpaired) electrons. The van der Waals surface area contributed by atoms with Crippen molar-refractivity contribution < 1.29 is 17.9 Å². The Bertz CT molecular complexity index is 792. The lowest BCUT2D eigenvalue weighted by atomic mass is 9.78. The first-order valence-corrected chi connectivity index (χ1v) is 9.68. The number of methoxy groups -OCH3 is 1. The Morgan fingerprint density at radius 3 is 2.14 bits per heavy atom. The van der Waals surface area contributed by atoms with E-state index in [1.54, 1.807) is 31.4 Å². The molecule has 150 valence electrons. The van der Waals surface area contributed by atoms with Crippen molar-refractivity contribution in [2.75, 3.05) is 12.4 Å². The second-order valence-electron chi connectivity index (χ2n) is 7.09. The Labute approximate surface area is 168 Å². The van der Waals surface area contributed by atoms with E-state index in [1.807, 2.05) is 24.3 Å². The smallest absolute Gasteiger partial charge is 0.430 e. The summed E-state index contributed by atoms with van der Waals surface area (Å²) >= 11 is 5.80. The third-order valence-electron chi connectivity index (χ3n) is 5.19. The van der Waals surface area contributed by atoms with Crippen molar-refractivity contribution >= 4 is 17.3 Å². The van der Waals surface area contributed by atoms with Crippen molar-refractivity contribution in [3.8, 4) is 5.75 Å². The van der Waals surface area contributed by atoms with Crippen molar-refractivity contribution in [2.24, 2.45) is 5.92 Å². The van der Waals surface area contributed by atoms with Gasteiger partial charge in [-0.05, 0) is 79.5 Å². The number of ether oxygens (including phenoxy) is 1. The van der Waals surface area contributed by atoms with Crippen LogP contribution in [0.2, 0.25) is 5.02 Å². The summed E-state index contributed by atoms with van der Waals surface area (Å²) < 4.78 is 45.6. The normalized spacial score (nSPS) is 20.7. The van der Waals surface area contributed by atoms with Crippen LogP contribution in [0.4, 0.5) is 18.9 Å². The zero-order valence-corrected chi connectivity index (χ0v) is 16.4. The van der Waals surface area contributed by atoms with Gasteiger partial charge in [0.1, 0.15) is 11.4 Å². The molecule has 2 aromatic carbocycles. The van der Waals surface area contributed by atoms with E-state index < -0.39 is 11.9 Å². The molecule has 0 bridgehead atoms. The quantitative estimate of drug-likeness (QED) is 0.564. The summed E-state index contributed by atoms with van der Waals surface area (Å²) in [4.78, 5) is 0. The summed E-state index contributed by atoms with van der Waals surface area (Å²) in [5.74, 6) is 1.10. The fourth-order valence-corrected chi connectivity index (χ4v) is 3.75. The summed E-state index contributed by atoms with van der Waals surface area (Å²) in [6.45, 7) is 0. The minimum absolute atomic E-state index is 0.0917. The number of alkyl halides is 3. The first-order chi connectivity index (χ1) is 13.3. The van der Waals surface area contributed by atoms with E-state index in [4.69, 9.17) is 16.3 Å². The van der Waals surface area contributed by atoms with Gasteiger partial charge in [0.15, 0.2) is 0 Å². The number of halogens is 4. The SMILES string of the molecule is COc1ccc(C2CCC(C=C(Nc3ccc(Cl)cc3)C(F)(F)F)CC2)cc1. The monoisotopic (exact) mass is 409 g/mol. The molecule has 0 atom stereocenters. The van der Waals surface area contributed by atoms with Gasteiger partial charge in [0.05, 0.1) is 7.11 Å². The fraction of sp³-hybridized carbons (Fsp3) is 0.364. The van der Waals surface area contributed by atoms with Gasteiger partial charge in [-0.3, -0.25) is 0 Å². The van der Waals surface area contributed by atoms with Crippen molar-refractivity contribution in [1.29, 1.82) is 0 Å². The Kier molecular flexibility index (Phi) is 6.55. The summed E-state index contributed by atoms with van der Waals surface area (Å²) in [5.41, 5.74) is 0.890. The highest BCUT2D eigenvalue weighted by atomic mass is 35.5. The topological polar surface area (TPSA) is 21.3 Å². The highest BCUT2D eigenvalue weighted by Crippen LogP contribution is 2.38. The molecule has 0 heterocycles. The van der Waals surface area contributed by atoms with Crippen LogP contribution in [0.3, 0.4) is 0 Å². The molecule has 1 fully saturated rings. The molecule has 0 aromatic heterocycles. The summed E-state index contributed by atoms with van der Waals surface area (Å²) in [5, 5.41) is 3.00. The molecule has 0 amide bonds. The number of allylic oxidation sites excluding steroid dienone is 2. The summed E-state index contributed by atoms with van der Waals surface area (Å²) in [6.07, 6.45) is 0.140. The Morgan fingerprint density at radius 1 is 1.00 bits per heavy atom. The zero-order chi connectivity index (χ0) is 20.1. The van der Waals surface area contributed by atoms with Crippen LogP contribution in [-0.4, -0.2) is 13.3 Å². The first-order valence-electron chi connectivity index (χ1n) is 9.30. The van der Waals surface area contributed by atoms with Crippen molar-refractivity contribution in [1.82, 2.24) is 0 Å². The van der Waals surface area contributed by atoms with E-state index in [0.29, 0.717) is 16.6 Å². The number of hydrogen-bond donors (Lipinski definition) is 1. The minimum Gasteiger partial charge on any atom is -0.497 e. The molecule has 2 aromatic rings. The molecule has 0 unspecified atom stereocenters. The molecule has 2 nitrogen and oxygen atoms in total. The van der Waals surface area contributed by atoms with Crippen molar-refractivity contribution in [3.63, 3.8) is 0 Å². The number of hydrogen-bond acceptors (Lipinski definition) is 2. The molecule has 6 heteroatoms. The van der Waals surface area contributed by atoms with Crippen LogP contribution in [0.25, 0.3) is 0 Å². The molecular weight excluding hydrogens is 387 g/mol. The number of anilines is 1. The molecular formula is C22H23ClF3NO. The lowest BCUT2D eigenvalue weighted by Crippen LogP contribution is -2.21. The van der Waals surface area contributed by atoms with Crippen molar-refractivity contribution in [2.45, 2.75) is 37.8 Å². The van der Waals surface area contributed by atoms with Gasteiger partial charge >= 0.3 is 6.18 Å². The largest absolute Gasteiger partial charge is 0.497 e. The number of nitrogens with one attached hydrogen (secondary N) is 1. The van der Waals surface area contributed by atoms with Crippen LogP contribution in [0.1, 0.15) is 37.2 Å². The van der Waals surface area contributed by atoms with Gasteiger partial charge in [0.2, 0.25) is 0 Å². The number of benzene rings is 2. The maximum Gasteiger partial charge on any atom is 0.430 e. The van der Waals surface area contributed by atoms with Gasteiger partial charge in [-0.15, -0.1) is 0 Å². The van der Waals surface area contributed by atoms with E-state index >= 15 is 0 Å². The standard InChI is InChI=1S/C22H23ClF3NO/c1-28-20-12-6-17(7-13-20)16-4-2-15(3-5-16)14-21(22(24,25)26)27-19-10-8-18(23)9-11-19/h6-16,27H,2-5H2,1H3. The number of rotatable bonds is 5. The van der Waals surface area contributed by atoms with Gasteiger partial charge in [0, 0.05) is 10.7 Å². The van der Waals surface area contributed by atoms with E-state index in [9.17, 15) is 13.2 Å². The Morgan fingerprint density at radius 2 is 1.61 bits per heavy atom. The van der Waals surface area contributed by atoms with E-state index in [2.05, 4.69) is 5.32 Å². The van der Waals surface area contributed by atoms with Crippen LogP contribution in [0.5, 0.6) is 5.75 Å². The molecule has 1 N–H and O–H groups in total. The molecule has 28 heavy (non-hydrogen) atoms. The van der Waals surface area contributed by atoms with Gasteiger partial charge in [0.25, 0.3) is 0 Å². The predicted octanol–water partition coefficient (Wildman–Crippen LogP) is 7.18. The molecule has 1 aliphatic carbocycles. The minimum atomic E-state index is -4.42. The molecule has 1 aliphatic rings. The zero-order valence-electron chi connectivity index (χ0n) is 15.6. The Balaban J connectivity index is 1.66. The second kappa shape index (κ2) is 8.91. The third-order valence-corrected chi connectivity index (χ3v) is 5.44. The predicted molar refractivity (Wildman–Crippen MR) is 107 cm³/mol. The van der Waals surface area contributed by atoms with Crippen LogP contribution < -0.4 is 10.1 Å². The van der Waals surface area contributed by atoms with Gasteiger partial charge in [-0.25, -0.2) is 0 Å². The van der Waals surface area contributed by atoms with Crippen LogP contribution in [-0.2, 0) is 0 Å². The molecule has 1 saturated carbocycles. The van der Waals surface area contributed by atoms with Crippen molar-refractivity contribution in [3.05, 3.63) is 70.9 Å². The lowest BCUT2D eigenvalue weighted by Gasteiger charge is -2.28. The average Bonchev–Trinajstić information content (AvgIpc) is 2.69. The maximum absolute atomic E-state index is 13.5. The van der Waals surface area contributed by atoms with Crippen LogP contribution in [0, 0.1) is 5.92 Å². The summed E-state index contributed by atoms with van der Waals surface area (Å²) in [6, 6.07) is 14.2. The molecule has 0 spiro atoms. The second-order valence-corrected chi connectivity index (χ2v) is 7.53. The Hall–Kier alpha value is -2.14. The maximum atomic E-state index is 13.5. The first kappa shape index (κ1) is 20.6. The van der Waals surface area contributed by atoms with Crippen LogP contribution >= 0.6 is 11.6 Å². The fourth-order valence-electron chi connectivity index (χ4n) is 3.63.